The molecular formula is C9H10N4O. The minimum atomic E-state index is 0.256. The van der Waals surface area contributed by atoms with Crippen LogP contribution in [0.3, 0.4) is 0 Å². The number of rotatable bonds is 2. The maximum atomic E-state index is 5.36. The van der Waals surface area contributed by atoms with Crippen LogP contribution in [0.2, 0.25) is 0 Å². The zero-order valence-electron chi connectivity index (χ0n) is 7.77. The molecule has 0 aliphatic heterocycles. The van der Waals surface area contributed by atoms with Crippen LogP contribution in [-0.2, 0) is 6.54 Å². The number of hydrogen-bond donors (Lipinski definition) is 1. The Bertz CT molecular complexity index is 438. The van der Waals surface area contributed by atoms with Gasteiger partial charge in [0.2, 0.25) is 11.8 Å². The quantitative estimate of drug-likeness (QED) is 0.761. The Morgan fingerprint density at radius 2 is 2.21 bits per heavy atom. The molecule has 2 aromatic rings. The van der Waals surface area contributed by atoms with Gasteiger partial charge in [-0.05, 0) is 18.6 Å². The molecule has 2 N–H and O–H groups in total. The van der Waals surface area contributed by atoms with Crippen LogP contribution in [0.1, 0.15) is 11.5 Å². The topological polar surface area (TPSA) is 77.8 Å². The normalized spacial score (nSPS) is 10.4. The summed E-state index contributed by atoms with van der Waals surface area (Å²) in [5.74, 6) is 0.892. The lowest BCUT2D eigenvalue weighted by Gasteiger charge is -1.94. The monoisotopic (exact) mass is 190 g/mol. The minimum Gasteiger partial charge on any atom is -0.419 e. The van der Waals surface area contributed by atoms with Crippen LogP contribution in [0.15, 0.2) is 22.9 Å². The van der Waals surface area contributed by atoms with Crippen molar-refractivity contribution in [3.05, 3.63) is 29.9 Å². The van der Waals surface area contributed by atoms with E-state index in [9.17, 15) is 0 Å². The second-order valence-corrected chi connectivity index (χ2v) is 2.96. The van der Waals surface area contributed by atoms with Crippen molar-refractivity contribution in [3.63, 3.8) is 0 Å². The van der Waals surface area contributed by atoms with E-state index >= 15 is 0 Å². The van der Waals surface area contributed by atoms with Gasteiger partial charge in [-0.25, -0.2) is 0 Å². The predicted octanol–water partition coefficient (Wildman–Crippen LogP) is 0.899. The van der Waals surface area contributed by atoms with Gasteiger partial charge >= 0.3 is 0 Å². The molecule has 2 aromatic heterocycles. The van der Waals surface area contributed by atoms with E-state index in [0.29, 0.717) is 11.8 Å². The molecule has 0 saturated heterocycles. The van der Waals surface area contributed by atoms with E-state index in [2.05, 4.69) is 15.2 Å². The number of aryl methyl sites for hydroxylation is 1. The number of aromatic nitrogens is 3. The molecular weight excluding hydrogens is 180 g/mol. The van der Waals surface area contributed by atoms with Crippen LogP contribution in [0, 0.1) is 6.92 Å². The molecule has 0 aliphatic rings. The average Bonchev–Trinajstić information content (AvgIpc) is 2.66. The third kappa shape index (κ3) is 1.62. The van der Waals surface area contributed by atoms with Crippen LogP contribution < -0.4 is 5.73 Å². The van der Waals surface area contributed by atoms with Crippen molar-refractivity contribution in [1.82, 2.24) is 15.2 Å². The molecule has 0 spiro atoms. The van der Waals surface area contributed by atoms with Crippen molar-refractivity contribution < 1.29 is 4.42 Å². The number of pyridine rings is 1. The molecule has 5 nitrogen and oxygen atoms in total. The van der Waals surface area contributed by atoms with E-state index in [4.69, 9.17) is 10.2 Å². The Balaban J connectivity index is 2.39. The summed E-state index contributed by atoms with van der Waals surface area (Å²) in [5.41, 5.74) is 7.23. The van der Waals surface area contributed by atoms with Crippen LogP contribution in [-0.4, -0.2) is 15.2 Å². The maximum absolute atomic E-state index is 5.36. The van der Waals surface area contributed by atoms with E-state index in [0.717, 1.165) is 11.1 Å². The summed E-state index contributed by atoms with van der Waals surface area (Å²) in [6.07, 6.45) is 3.45. The maximum Gasteiger partial charge on any atom is 0.249 e. The third-order valence-electron chi connectivity index (χ3n) is 1.76. The fraction of sp³-hybridized carbons (Fsp3) is 0.222. The molecule has 72 valence electrons. The molecule has 2 heterocycles. The largest absolute Gasteiger partial charge is 0.419 e. The van der Waals surface area contributed by atoms with Crippen LogP contribution in [0.25, 0.3) is 11.5 Å². The van der Waals surface area contributed by atoms with Gasteiger partial charge in [0.1, 0.15) is 0 Å². The molecule has 0 atom stereocenters. The molecule has 0 fully saturated rings. The highest BCUT2D eigenvalue weighted by molar-refractivity contribution is 5.51. The lowest BCUT2D eigenvalue weighted by molar-refractivity contribution is 0.508. The molecule has 2 rings (SSSR count). The van der Waals surface area contributed by atoms with Gasteiger partial charge in [0.15, 0.2) is 0 Å². The predicted molar refractivity (Wildman–Crippen MR) is 50.2 cm³/mol. The number of hydrogen-bond acceptors (Lipinski definition) is 5. The Labute approximate surface area is 81.0 Å². The van der Waals surface area contributed by atoms with E-state index in [-0.39, 0.29) is 6.54 Å². The zero-order chi connectivity index (χ0) is 9.97. The first-order valence-corrected chi connectivity index (χ1v) is 4.24. The summed E-state index contributed by atoms with van der Waals surface area (Å²) < 4.78 is 5.29. The van der Waals surface area contributed by atoms with Crippen LogP contribution in [0.4, 0.5) is 0 Å². The van der Waals surface area contributed by atoms with E-state index in [1.54, 1.807) is 12.4 Å². The SMILES string of the molecule is Cc1cncc(-c2nnc(CN)o2)c1. The first kappa shape index (κ1) is 8.83. The fourth-order valence-electron chi connectivity index (χ4n) is 1.12. The molecule has 0 bridgehead atoms. The van der Waals surface area contributed by atoms with Gasteiger partial charge < -0.3 is 10.2 Å². The fourth-order valence-corrected chi connectivity index (χ4v) is 1.12. The van der Waals surface area contributed by atoms with Gasteiger partial charge in [0.25, 0.3) is 0 Å². The molecule has 0 aliphatic carbocycles. The summed E-state index contributed by atoms with van der Waals surface area (Å²) in [4.78, 5) is 4.04. The van der Waals surface area contributed by atoms with E-state index < -0.39 is 0 Å². The summed E-state index contributed by atoms with van der Waals surface area (Å²) in [6.45, 7) is 2.21. The Hall–Kier alpha value is -1.75. The highest BCUT2D eigenvalue weighted by Gasteiger charge is 2.07. The minimum absolute atomic E-state index is 0.256. The van der Waals surface area contributed by atoms with Crippen molar-refractivity contribution in [2.75, 3.05) is 0 Å². The highest BCUT2D eigenvalue weighted by Crippen LogP contribution is 2.17. The zero-order valence-corrected chi connectivity index (χ0v) is 7.77. The van der Waals surface area contributed by atoms with Crippen molar-refractivity contribution in [1.29, 1.82) is 0 Å². The van der Waals surface area contributed by atoms with Crippen LogP contribution >= 0.6 is 0 Å². The van der Waals surface area contributed by atoms with Gasteiger partial charge in [0, 0.05) is 12.4 Å². The van der Waals surface area contributed by atoms with Gasteiger partial charge in [-0.3, -0.25) is 4.98 Å². The number of nitrogens with zero attached hydrogens (tertiary/aromatic N) is 3. The summed E-state index contributed by atoms with van der Waals surface area (Å²) in [6, 6.07) is 1.93. The molecule has 5 heteroatoms. The van der Waals surface area contributed by atoms with Crippen molar-refractivity contribution in [3.8, 4) is 11.5 Å². The summed E-state index contributed by atoms with van der Waals surface area (Å²) in [5, 5.41) is 7.63. The van der Waals surface area contributed by atoms with Gasteiger partial charge in [-0.15, -0.1) is 10.2 Å². The lowest BCUT2D eigenvalue weighted by atomic mass is 10.2. The van der Waals surface area contributed by atoms with Crippen LogP contribution in [0.5, 0.6) is 0 Å². The summed E-state index contributed by atoms with van der Waals surface area (Å²) >= 11 is 0. The molecule has 0 radical (unpaired) electrons. The molecule has 0 saturated carbocycles. The summed E-state index contributed by atoms with van der Waals surface area (Å²) in [7, 11) is 0. The average molecular weight is 190 g/mol. The lowest BCUT2D eigenvalue weighted by Crippen LogP contribution is -1.95. The van der Waals surface area contributed by atoms with E-state index in [1.165, 1.54) is 0 Å². The second kappa shape index (κ2) is 3.55. The standard InChI is InChI=1S/C9H10N4O/c1-6-2-7(5-11-4-6)9-13-12-8(3-10)14-9/h2,4-5H,3,10H2,1H3. The molecule has 0 unspecified atom stereocenters. The van der Waals surface area contributed by atoms with Gasteiger partial charge in [0.05, 0.1) is 12.1 Å². The van der Waals surface area contributed by atoms with Crippen molar-refractivity contribution in [2.24, 2.45) is 5.73 Å². The van der Waals surface area contributed by atoms with Gasteiger partial charge in [-0.2, -0.15) is 0 Å². The molecule has 0 amide bonds. The van der Waals surface area contributed by atoms with Gasteiger partial charge in [-0.1, -0.05) is 0 Å². The van der Waals surface area contributed by atoms with Crippen molar-refractivity contribution >= 4 is 0 Å². The first-order chi connectivity index (χ1) is 6.79. The third-order valence-corrected chi connectivity index (χ3v) is 1.76. The number of nitrogens with two attached hydrogens (primary N) is 1. The molecule has 0 aromatic carbocycles. The Morgan fingerprint density at radius 3 is 2.86 bits per heavy atom. The van der Waals surface area contributed by atoms with E-state index in [1.807, 2.05) is 13.0 Å². The smallest absolute Gasteiger partial charge is 0.249 e. The Kier molecular flexibility index (Phi) is 2.24. The molecule has 14 heavy (non-hydrogen) atoms. The van der Waals surface area contributed by atoms with Crippen molar-refractivity contribution in [2.45, 2.75) is 13.5 Å². The second-order valence-electron chi connectivity index (χ2n) is 2.96. The highest BCUT2D eigenvalue weighted by atomic mass is 16.4. The Morgan fingerprint density at radius 1 is 1.36 bits per heavy atom. The first-order valence-electron chi connectivity index (χ1n) is 4.24.